The zero-order valence-electron chi connectivity index (χ0n) is 12.2. The van der Waals surface area contributed by atoms with Crippen molar-refractivity contribution in [1.29, 1.82) is 0 Å². The maximum absolute atomic E-state index is 5.51. The molecule has 6 heteroatoms. The van der Waals surface area contributed by atoms with Crippen molar-refractivity contribution in [3.05, 3.63) is 41.0 Å². The first-order valence-corrected chi connectivity index (χ1v) is 7.19. The van der Waals surface area contributed by atoms with E-state index in [1.165, 1.54) is 23.2 Å². The molecule has 0 amide bonds. The molecular formula is C15H21ClN4O. The summed E-state index contributed by atoms with van der Waals surface area (Å²) in [6.45, 7) is 4.22. The van der Waals surface area contributed by atoms with Crippen molar-refractivity contribution in [3.8, 4) is 0 Å². The number of hydrogen-bond acceptors (Lipinski definition) is 5. The van der Waals surface area contributed by atoms with E-state index in [0.717, 1.165) is 19.4 Å². The Labute approximate surface area is 130 Å². The van der Waals surface area contributed by atoms with Crippen LogP contribution in [0.5, 0.6) is 0 Å². The van der Waals surface area contributed by atoms with E-state index in [9.17, 15) is 0 Å². The number of halogens is 1. The van der Waals surface area contributed by atoms with Crippen molar-refractivity contribution in [2.24, 2.45) is 5.73 Å². The van der Waals surface area contributed by atoms with Crippen molar-refractivity contribution in [3.63, 3.8) is 0 Å². The number of aromatic nitrogens is 2. The minimum absolute atomic E-state index is 0. The molecule has 0 bridgehead atoms. The summed E-state index contributed by atoms with van der Waals surface area (Å²) in [4.78, 5) is 6.67. The maximum atomic E-state index is 5.51. The van der Waals surface area contributed by atoms with E-state index in [1.54, 1.807) is 0 Å². The Hall–Kier alpha value is -1.59. The number of anilines is 1. The van der Waals surface area contributed by atoms with Crippen molar-refractivity contribution >= 4 is 18.1 Å². The molecular weight excluding hydrogens is 288 g/mol. The molecule has 0 atom stereocenters. The van der Waals surface area contributed by atoms with E-state index in [4.69, 9.17) is 10.3 Å². The fourth-order valence-corrected chi connectivity index (χ4v) is 2.88. The van der Waals surface area contributed by atoms with Gasteiger partial charge in [0.25, 0.3) is 0 Å². The highest BCUT2D eigenvalue weighted by Crippen LogP contribution is 2.32. The van der Waals surface area contributed by atoms with Crippen LogP contribution in [0.4, 0.5) is 5.69 Å². The Bertz CT molecular complexity index is 585. The summed E-state index contributed by atoms with van der Waals surface area (Å²) < 4.78 is 5.09. The predicted molar refractivity (Wildman–Crippen MR) is 84.6 cm³/mol. The SMILES string of the molecule is CCc1cccc2c1N(Cc1noc(CN)n1)CCC2.Cl. The van der Waals surface area contributed by atoms with E-state index in [-0.39, 0.29) is 12.4 Å². The fourth-order valence-electron chi connectivity index (χ4n) is 2.88. The number of nitrogens with two attached hydrogens (primary N) is 1. The molecule has 5 nitrogen and oxygen atoms in total. The van der Waals surface area contributed by atoms with Crippen molar-refractivity contribution in [2.75, 3.05) is 11.4 Å². The molecule has 114 valence electrons. The van der Waals surface area contributed by atoms with Gasteiger partial charge in [-0.05, 0) is 30.4 Å². The van der Waals surface area contributed by atoms with Crippen LogP contribution in [0, 0.1) is 0 Å². The molecule has 1 aromatic heterocycles. The van der Waals surface area contributed by atoms with Gasteiger partial charge in [0, 0.05) is 12.2 Å². The van der Waals surface area contributed by atoms with Gasteiger partial charge in [-0.3, -0.25) is 0 Å². The quantitative estimate of drug-likeness (QED) is 0.939. The number of para-hydroxylation sites is 1. The normalized spacial score (nSPS) is 13.7. The summed E-state index contributed by atoms with van der Waals surface area (Å²) in [6, 6.07) is 6.59. The lowest BCUT2D eigenvalue weighted by Gasteiger charge is -2.32. The van der Waals surface area contributed by atoms with Crippen LogP contribution < -0.4 is 10.6 Å². The predicted octanol–water partition coefficient (Wildman–Crippen LogP) is 2.47. The van der Waals surface area contributed by atoms with Crippen LogP contribution >= 0.6 is 12.4 Å². The van der Waals surface area contributed by atoms with Crippen LogP contribution in [0.2, 0.25) is 0 Å². The van der Waals surface area contributed by atoms with E-state index >= 15 is 0 Å². The van der Waals surface area contributed by atoms with E-state index in [0.29, 0.717) is 24.8 Å². The molecule has 0 aliphatic carbocycles. The van der Waals surface area contributed by atoms with Gasteiger partial charge in [-0.25, -0.2) is 0 Å². The Balaban J connectivity index is 0.00000161. The lowest BCUT2D eigenvalue weighted by Crippen LogP contribution is -2.30. The van der Waals surface area contributed by atoms with E-state index in [1.807, 2.05) is 0 Å². The second-order valence-electron chi connectivity index (χ2n) is 5.11. The molecule has 1 aliphatic heterocycles. The molecule has 0 saturated heterocycles. The summed E-state index contributed by atoms with van der Waals surface area (Å²) in [7, 11) is 0. The monoisotopic (exact) mass is 308 g/mol. The molecule has 1 aliphatic rings. The molecule has 21 heavy (non-hydrogen) atoms. The second-order valence-corrected chi connectivity index (χ2v) is 5.11. The van der Waals surface area contributed by atoms with Crippen LogP contribution in [0.25, 0.3) is 0 Å². The zero-order valence-corrected chi connectivity index (χ0v) is 13.0. The number of fused-ring (bicyclic) bond motifs is 1. The number of benzene rings is 1. The van der Waals surface area contributed by atoms with Gasteiger partial charge in [0.1, 0.15) is 0 Å². The van der Waals surface area contributed by atoms with Crippen LogP contribution in [0.15, 0.2) is 22.7 Å². The highest BCUT2D eigenvalue weighted by Gasteiger charge is 2.21. The average molecular weight is 309 g/mol. The first-order valence-electron chi connectivity index (χ1n) is 7.19. The topological polar surface area (TPSA) is 68.2 Å². The molecule has 1 aromatic carbocycles. The fraction of sp³-hybridized carbons (Fsp3) is 0.467. The third kappa shape index (κ3) is 3.19. The van der Waals surface area contributed by atoms with Gasteiger partial charge in [0.05, 0.1) is 13.1 Å². The summed E-state index contributed by atoms with van der Waals surface area (Å²) in [5, 5.41) is 4.00. The largest absolute Gasteiger partial charge is 0.363 e. The first-order chi connectivity index (χ1) is 9.81. The third-order valence-electron chi connectivity index (χ3n) is 3.79. The standard InChI is InChI=1S/C15H20N4O.ClH/c1-2-11-5-3-6-12-7-4-8-19(15(11)12)10-13-17-14(9-16)20-18-13;/h3,5-6H,2,4,7-10,16H2,1H3;1H. The van der Waals surface area contributed by atoms with Crippen LogP contribution in [0.1, 0.15) is 36.2 Å². The van der Waals surface area contributed by atoms with Gasteiger partial charge >= 0.3 is 0 Å². The maximum Gasteiger partial charge on any atom is 0.240 e. The third-order valence-corrected chi connectivity index (χ3v) is 3.79. The van der Waals surface area contributed by atoms with E-state index < -0.39 is 0 Å². The van der Waals surface area contributed by atoms with Crippen molar-refractivity contribution in [1.82, 2.24) is 10.1 Å². The van der Waals surface area contributed by atoms with Gasteiger partial charge in [0.15, 0.2) is 5.82 Å². The van der Waals surface area contributed by atoms with Crippen LogP contribution in [0.3, 0.4) is 0 Å². The van der Waals surface area contributed by atoms with Gasteiger partial charge in [-0.15, -0.1) is 12.4 Å². The second kappa shape index (κ2) is 6.91. The lowest BCUT2D eigenvalue weighted by atomic mass is 9.96. The van der Waals surface area contributed by atoms with Crippen molar-refractivity contribution < 1.29 is 4.52 Å². The number of rotatable bonds is 4. The first kappa shape index (κ1) is 15.8. The van der Waals surface area contributed by atoms with Gasteiger partial charge in [-0.1, -0.05) is 30.3 Å². The highest BCUT2D eigenvalue weighted by molar-refractivity contribution is 5.85. The Morgan fingerprint density at radius 1 is 1.38 bits per heavy atom. The summed E-state index contributed by atoms with van der Waals surface area (Å²) >= 11 is 0. The summed E-state index contributed by atoms with van der Waals surface area (Å²) in [6.07, 6.45) is 3.36. The highest BCUT2D eigenvalue weighted by atomic mass is 35.5. The number of aryl methyl sites for hydroxylation is 2. The molecule has 0 saturated carbocycles. The zero-order chi connectivity index (χ0) is 13.9. The molecule has 2 aromatic rings. The lowest BCUT2D eigenvalue weighted by molar-refractivity contribution is 0.374. The molecule has 0 radical (unpaired) electrons. The molecule has 2 heterocycles. The smallest absolute Gasteiger partial charge is 0.240 e. The summed E-state index contributed by atoms with van der Waals surface area (Å²) in [5.41, 5.74) is 9.69. The van der Waals surface area contributed by atoms with Gasteiger partial charge in [0.2, 0.25) is 5.89 Å². The summed E-state index contributed by atoms with van der Waals surface area (Å²) in [5.74, 6) is 1.21. The Morgan fingerprint density at radius 3 is 2.95 bits per heavy atom. The molecule has 0 fully saturated rings. The van der Waals surface area contributed by atoms with E-state index in [2.05, 4.69) is 40.2 Å². The number of nitrogens with zero attached hydrogens (tertiary/aromatic N) is 3. The Morgan fingerprint density at radius 2 is 2.24 bits per heavy atom. The minimum atomic E-state index is 0. The Kier molecular flexibility index (Phi) is 5.20. The minimum Gasteiger partial charge on any atom is -0.363 e. The molecule has 0 spiro atoms. The average Bonchev–Trinajstić information content (AvgIpc) is 2.94. The van der Waals surface area contributed by atoms with Crippen LogP contribution in [-0.4, -0.2) is 16.7 Å². The molecule has 2 N–H and O–H groups in total. The number of hydrogen-bond donors (Lipinski definition) is 1. The van der Waals surface area contributed by atoms with Crippen LogP contribution in [-0.2, 0) is 25.9 Å². The molecule has 0 unspecified atom stereocenters. The van der Waals surface area contributed by atoms with Gasteiger partial charge in [-0.2, -0.15) is 4.98 Å². The molecule has 3 rings (SSSR count). The van der Waals surface area contributed by atoms with Crippen molar-refractivity contribution in [2.45, 2.75) is 39.3 Å². The van der Waals surface area contributed by atoms with Gasteiger partial charge < -0.3 is 15.2 Å².